The highest BCUT2D eigenvalue weighted by Crippen LogP contribution is 2.77. The van der Waals surface area contributed by atoms with E-state index in [1.807, 2.05) is 32.9 Å². The zero-order valence-corrected chi connectivity index (χ0v) is 34.5. The van der Waals surface area contributed by atoms with Gasteiger partial charge in [0.25, 0.3) is 0 Å². The van der Waals surface area contributed by atoms with Crippen LogP contribution in [-0.2, 0) is 9.53 Å². The largest absolute Gasteiger partial charge is 0.481 e. The van der Waals surface area contributed by atoms with Gasteiger partial charge in [0.05, 0.1) is 11.0 Å². The smallest absolute Gasteiger partial charge is 0.338 e. The molecule has 0 amide bonds. The molecule has 1 aromatic carbocycles. The lowest BCUT2D eigenvalue weighted by atomic mass is 9.32. The van der Waals surface area contributed by atoms with Crippen LogP contribution in [0.15, 0.2) is 42.5 Å². The molecule has 0 aromatic heterocycles. The van der Waals surface area contributed by atoms with Crippen molar-refractivity contribution in [2.75, 3.05) is 40.8 Å². The van der Waals surface area contributed by atoms with Crippen LogP contribution in [0.3, 0.4) is 0 Å². The van der Waals surface area contributed by atoms with Gasteiger partial charge in [0.15, 0.2) is 0 Å². The van der Waals surface area contributed by atoms with E-state index in [1.165, 1.54) is 36.0 Å². The van der Waals surface area contributed by atoms with E-state index in [1.54, 1.807) is 0 Å². The Balaban J connectivity index is 1.28. The molecule has 6 heteroatoms. The molecular formula is C46H70N2O4. The minimum atomic E-state index is -0.617. The molecule has 4 fully saturated rings. The molecule has 0 saturated heterocycles. The highest BCUT2D eigenvalue weighted by molar-refractivity contribution is 5.90. The number of ether oxygens (including phenoxy) is 1. The fourth-order valence-electron chi connectivity index (χ4n) is 13.6. The van der Waals surface area contributed by atoms with Crippen molar-refractivity contribution in [3.63, 3.8) is 0 Å². The van der Waals surface area contributed by atoms with Gasteiger partial charge < -0.3 is 19.6 Å². The third-order valence-corrected chi connectivity index (χ3v) is 16.2. The van der Waals surface area contributed by atoms with Gasteiger partial charge in [-0.15, -0.1) is 0 Å². The van der Waals surface area contributed by atoms with Crippen molar-refractivity contribution in [2.45, 2.75) is 119 Å². The molecule has 0 unspecified atom stereocenters. The van der Waals surface area contributed by atoms with Crippen molar-refractivity contribution in [2.24, 2.45) is 56.7 Å². The lowest BCUT2D eigenvalue weighted by Gasteiger charge is -2.72. The maximum atomic E-state index is 13.4. The summed E-state index contributed by atoms with van der Waals surface area (Å²) in [7, 11) is 6.42. The molecule has 0 heterocycles. The van der Waals surface area contributed by atoms with E-state index in [0.717, 1.165) is 58.2 Å². The molecule has 0 spiro atoms. The Labute approximate surface area is 315 Å². The second kappa shape index (κ2) is 13.4. The average Bonchev–Trinajstić information content (AvgIpc) is 3.45. The van der Waals surface area contributed by atoms with E-state index in [0.29, 0.717) is 23.3 Å². The molecule has 9 atom stereocenters. The number of carbonyl (C=O) groups excluding carboxylic acids is 1. The Kier molecular flexibility index (Phi) is 10.1. The van der Waals surface area contributed by atoms with Crippen LogP contribution in [0.5, 0.6) is 0 Å². The van der Waals surface area contributed by atoms with Crippen molar-refractivity contribution in [1.29, 1.82) is 0 Å². The van der Waals surface area contributed by atoms with Crippen LogP contribution in [0, 0.1) is 56.7 Å². The van der Waals surface area contributed by atoms with Gasteiger partial charge in [-0.1, -0.05) is 65.0 Å². The van der Waals surface area contributed by atoms with E-state index >= 15 is 0 Å². The minimum absolute atomic E-state index is 0.0164. The predicted octanol–water partition coefficient (Wildman–Crippen LogP) is 9.85. The number of rotatable bonds is 9. The van der Waals surface area contributed by atoms with E-state index in [4.69, 9.17) is 11.3 Å². The number of allylic oxidation sites excluding steroid dienone is 2. The van der Waals surface area contributed by atoms with Crippen LogP contribution >= 0.6 is 0 Å². The van der Waals surface area contributed by atoms with Crippen LogP contribution in [0.4, 0.5) is 0 Å². The molecule has 1 aromatic rings. The number of nitrogens with zero attached hydrogens (tertiary/aromatic N) is 2. The van der Waals surface area contributed by atoms with Gasteiger partial charge in [0, 0.05) is 19.6 Å². The number of carboxylic acid groups (broad SMARTS) is 1. The number of esters is 1. The van der Waals surface area contributed by atoms with Crippen LogP contribution in [0.1, 0.15) is 129 Å². The highest BCUT2D eigenvalue weighted by Gasteiger charge is 2.71. The maximum Gasteiger partial charge on any atom is 0.338 e. The molecule has 5 aliphatic carbocycles. The number of benzene rings is 1. The normalized spacial score (nSPS) is 38.1. The van der Waals surface area contributed by atoms with Crippen LogP contribution in [0.2, 0.25) is 0 Å². The number of hydrogen-bond acceptors (Lipinski definition) is 5. The number of carbonyl (C=O) groups is 2. The van der Waals surface area contributed by atoms with Crippen molar-refractivity contribution in [3.05, 3.63) is 53.6 Å². The molecule has 6 rings (SSSR count). The zero-order valence-electron chi connectivity index (χ0n) is 34.5. The lowest BCUT2D eigenvalue weighted by molar-refractivity contribution is -0.228. The van der Waals surface area contributed by atoms with Crippen molar-refractivity contribution in [1.82, 2.24) is 9.80 Å². The summed E-state index contributed by atoms with van der Waals surface area (Å²) in [6, 6.07) is 8.11. The van der Waals surface area contributed by atoms with E-state index < -0.39 is 17.0 Å². The van der Waals surface area contributed by atoms with Gasteiger partial charge in [0.2, 0.25) is 0 Å². The summed E-state index contributed by atoms with van der Waals surface area (Å²) in [5, 5.41) is 11.0. The van der Waals surface area contributed by atoms with E-state index in [9.17, 15) is 14.7 Å². The summed E-state index contributed by atoms with van der Waals surface area (Å²) in [5.74, 6) is 1.15. The van der Waals surface area contributed by atoms with Crippen LogP contribution in [0.25, 0.3) is 5.57 Å². The second-order valence-electron chi connectivity index (χ2n) is 20.6. The standard InChI is InChI=1S/C46H70N2O4/c1-30(29-48(12)28-27-47(10)11)33-19-24-46(40(50)51)26-25-44(8)35(38(33)46)17-18-37-43(7)22-20-34(42(5,6)36(43)21-23-45(37,44)9)31-13-15-32(16-14-31)39(49)52-41(2,3)4/h13-16,20,33,35-38H,1,17-19,21-29H2,2-12H3,(H,50,51)/t33-,35+,36-,37+,38+,43-,44+,45+,46-/m0/s1. The highest BCUT2D eigenvalue weighted by atomic mass is 16.6. The van der Waals surface area contributed by atoms with Gasteiger partial charge in [-0.3, -0.25) is 4.79 Å². The Bertz CT molecular complexity index is 1590. The Morgan fingerprint density at radius 3 is 2.15 bits per heavy atom. The van der Waals surface area contributed by atoms with E-state index in [-0.39, 0.29) is 39.5 Å². The third-order valence-electron chi connectivity index (χ3n) is 16.2. The molecular weight excluding hydrogens is 645 g/mol. The molecule has 288 valence electrons. The van der Waals surface area contributed by atoms with Crippen molar-refractivity contribution in [3.8, 4) is 0 Å². The molecule has 4 saturated carbocycles. The van der Waals surface area contributed by atoms with Gasteiger partial charge >= 0.3 is 11.9 Å². The first kappa shape index (κ1) is 39.3. The summed E-state index contributed by atoms with van der Waals surface area (Å²) in [6.45, 7) is 26.0. The fourth-order valence-corrected chi connectivity index (χ4v) is 13.6. The molecule has 0 bridgehead atoms. The SMILES string of the molecule is C=C(CN(C)CCN(C)C)[C@@H]1CC[C@]2(C(=O)O)CC[C@]3(C)[C@H](CC[C@@H]4[C@@]5(C)CC=C(c6ccc(C(=O)OC(C)(C)C)cc6)C(C)(C)[C@@H]5CC[C@]43C)[C@@H]12. The molecule has 0 radical (unpaired) electrons. The van der Waals surface area contributed by atoms with Crippen LogP contribution < -0.4 is 0 Å². The number of likely N-dealkylation sites (N-methyl/N-ethyl adjacent to an activating group) is 2. The number of carboxylic acids is 1. The van der Waals surface area contributed by atoms with Gasteiger partial charge in [0.1, 0.15) is 5.60 Å². The monoisotopic (exact) mass is 715 g/mol. The quantitative estimate of drug-likeness (QED) is 0.203. The fraction of sp³-hybridized carbons (Fsp3) is 0.739. The summed E-state index contributed by atoms with van der Waals surface area (Å²) in [6.07, 6.45) is 11.9. The molecule has 6 nitrogen and oxygen atoms in total. The lowest BCUT2D eigenvalue weighted by Crippen LogP contribution is -2.66. The topological polar surface area (TPSA) is 70.1 Å². The first-order chi connectivity index (χ1) is 24.1. The first-order valence-corrected chi connectivity index (χ1v) is 20.4. The minimum Gasteiger partial charge on any atom is -0.481 e. The third kappa shape index (κ3) is 6.24. The number of fused-ring (bicyclic) bond motifs is 7. The number of aliphatic carboxylic acids is 1. The molecule has 52 heavy (non-hydrogen) atoms. The molecule has 1 N–H and O–H groups in total. The Morgan fingerprint density at radius 1 is 0.865 bits per heavy atom. The first-order valence-electron chi connectivity index (χ1n) is 20.4. The Hall–Kier alpha value is -2.44. The summed E-state index contributed by atoms with van der Waals surface area (Å²) in [4.78, 5) is 30.7. The zero-order chi connectivity index (χ0) is 38.2. The van der Waals surface area contributed by atoms with E-state index in [2.05, 4.69) is 83.8 Å². The van der Waals surface area contributed by atoms with Crippen LogP contribution in [-0.4, -0.2) is 73.2 Å². The maximum absolute atomic E-state index is 13.4. The van der Waals surface area contributed by atoms with Gasteiger partial charge in [-0.2, -0.15) is 0 Å². The summed E-state index contributed by atoms with van der Waals surface area (Å²) in [5.41, 5.74) is 3.73. The van der Waals surface area contributed by atoms with Crippen molar-refractivity contribution >= 4 is 17.5 Å². The molecule has 5 aliphatic rings. The molecule has 0 aliphatic heterocycles. The van der Waals surface area contributed by atoms with Crippen molar-refractivity contribution < 1.29 is 19.4 Å². The Morgan fingerprint density at radius 2 is 1.54 bits per heavy atom. The second-order valence-corrected chi connectivity index (χ2v) is 20.6. The summed E-state index contributed by atoms with van der Waals surface area (Å²) >= 11 is 0. The van der Waals surface area contributed by atoms with Gasteiger partial charge in [-0.05, 0) is 174 Å². The predicted molar refractivity (Wildman–Crippen MR) is 212 cm³/mol. The number of hydrogen-bond donors (Lipinski definition) is 1. The summed E-state index contributed by atoms with van der Waals surface area (Å²) < 4.78 is 5.64. The average molecular weight is 715 g/mol. The van der Waals surface area contributed by atoms with Gasteiger partial charge in [-0.25, -0.2) is 4.79 Å².